The van der Waals surface area contributed by atoms with Crippen LogP contribution in [0, 0.1) is 12.3 Å². The van der Waals surface area contributed by atoms with Crippen molar-refractivity contribution in [3.05, 3.63) is 23.8 Å². The highest BCUT2D eigenvalue weighted by Gasteiger charge is 2.05. The van der Waals surface area contributed by atoms with E-state index < -0.39 is 0 Å². The Kier molecular flexibility index (Phi) is 3.97. The van der Waals surface area contributed by atoms with E-state index >= 15 is 0 Å². The molecule has 0 saturated carbocycles. The minimum Gasteiger partial charge on any atom is -0.493 e. The van der Waals surface area contributed by atoms with Crippen LogP contribution in [-0.4, -0.2) is 26.7 Å². The lowest BCUT2D eigenvalue weighted by Crippen LogP contribution is -2.12. The van der Waals surface area contributed by atoms with Crippen LogP contribution in [0.15, 0.2) is 18.2 Å². The van der Waals surface area contributed by atoms with Crippen LogP contribution in [0.4, 0.5) is 0 Å². The van der Waals surface area contributed by atoms with Crippen LogP contribution in [0.3, 0.4) is 0 Å². The molecule has 15 heavy (non-hydrogen) atoms. The Morgan fingerprint density at radius 3 is 2.60 bits per heavy atom. The Balaban J connectivity index is 2.72. The zero-order valence-corrected chi connectivity index (χ0v) is 9.16. The second kappa shape index (κ2) is 5.24. The van der Waals surface area contributed by atoms with Gasteiger partial charge in [0, 0.05) is 0 Å². The van der Waals surface area contributed by atoms with Gasteiger partial charge in [-0.1, -0.05) is 6.07 Å². The lowest BCUT2D eigenvalue weighted by atomic mass is 10.2. The van der Waals surface area contributed by atoms with Crippen molar-refractivity contribution in [3.8, 4) is 11.5 Å². The third kappa shape index (κ3) is 3.16. The zero-order valence-electron chi connectivity index (χ0n) is 9.16. The molecular formula is C11H15NO3. The summed E-state index contributed by atoms with van der Waals surface area (Å²) in [6, 6.07) is 5.62. The lowest BCUT2D eigenvalue weighted by molar-refractivity contribution is 0.295. The van der Waals surface area contributed by atoms with Gasteiger partial charge in [-0.05, 0) is 24.6 Å². The number of hydrogen-bond acceptors (Lipinski definition) is 4. The number of benzene rings is 1. The first kappa shape index (κ1) is 11.4. The summed E-state index contributed by atoms with van der Waals surface area (Å²) in [6.45, 7) is 2.08. The number of methoxy groups -OCH3 is 2. The number of ether oxygens (including phenoxy) is 3. The van der Waals surface area contributed by atoms with Gasteiger partial charge in [-0.25, -0.2) is 0 Å². The molecule has 1 aromatic rings. The molecule has 0 aliphatic carbocycles. The molecule has 4 heteroatoms. The van der Waals surface area contributed by atoms with E-state index in [-0.39, 0.29) is 12.5 Å². The fraction of sp³-hybridized carbons (Fsp3) is 0.364. The Labute approximate surface area is 89.3 Å². The van der Waals surface area contributed by atoms with Gasteiger partial charge in [-0.15, -0.1) is 0 Å². The fourth-order valence-corrected chi connectivity index (χ4v) is 1.10. The number of rotatable bonds is 4. The molecule has 0 amide bonds. The molecule has 0 bridgehead atoms. The van der Waals surface area contributed by atoms with Crippen molar-refractivity contribution in [1.29, 1.82) is 5.41 Å². The van der Waals surface area contributed by atoms with Crippen molar-refractivity contribution in [2.75, 3.05) is 20.8 Å². The van der Waals surface area contributed by atoms with Crippen molar-refractivity contribution in [3.63, 3.8) is 0 Å². The molecule has 0 aliphatic heterocycles. The maximum Gasteiger partial charge on any atom is 0.219 e. The molecule has 0 heterocycles. The minimum absolute atomic E-state index is 0.0811. The predicted octanol–water partition coefficient (Wildman–Crippen LogP) is 2.01. The minimum atomic E-state index is 0.0811. The first-order chi connectivity index (χ1) is 7.17. The average molecular weight is 209 g/mol. The van der Waals surface area contributed by atoms with E-state index in [0.29, 0.717) is 11.5 Å². The maximum atomic E-state index is 7.27. The second-order valence-corrected chi connectivity index (χ2v) is 3.07. The molecule has 0 unspecified atom stereocenters. The van der Waals surface area contributed by atoms with Gasteiger partial charge in [0.15, 0.2) is 18.1 Å². The zero-order chi connectivity index (χ0) is 11.3. The summed E-state index contributed by atoms with van der Waals surface area (Å²) in [5, 5.41) is 7.27. The Bertz CT molecular complexity index is 350. The standard InChI is InChI=1S/C11H15NO3/c1-8-4-5-9(10(6-8)13-2)15-7-11(12)14-3/h4-6,12H,7H2,1-3H3. The van der Waals surface area contributed by atoms with Gasteiger partial charge in [-0.2, -0.15) is 0 Å². The highest BCUT2D eigenvalue weighted by atomic mass is 16.5. The summed E-state index contributed by atoms with van der Waals surface area (Å²) < 4.78 is 15.2. The highest BCUT2D eigenvalue weighted by molar-refractivity contribution is 5.74. The molecule has 4 nitrogen and oxygen atoms in total. The van der Waals surface area contributed by atoms with Gasteiger partial charge < -0.3 is 14.2 Å². The topological polar surface area (TPSA) is 51.5 Å². The van der Waals surface area contributed by atoms with Crippen molar-refractivity contribution in [2.24, 2.45) is 0 Å². The summed E-state index contributed by atoms with van der Waals surface area (Å²) in [6.07, 6.45) is 0. The van der Waals surface area contributed by atoms with Crippen LogP contribution >= 0.6 is 0 Å². The molecule has 0 saturated heterocycles. The van der Waals surface area contributed by atoms with Crippen molar-refractivity contribution in [1.82, 2.24) is 0 Å². The molecule has 1 aromatic carbocycles. The van der Waals surface area contributed by atoms with Crippen molar-refractivity contribution >= 4 is 5.90 Å². The third-order valence-electron chi connectivity index (χ3n) is 1.92. The molecule has 82 valence electrons. The Morgan fingerprint density at radius 2 is 2.00 bits per heavy atom. The van der Waals surface area contributed by atoms with Gasteiger partial charge in [0.1, 0.15) is 0 Å². The molecule has 0 aromatic heterocycles. The average Bonchev–Trinajstić information content (AvgIpc) is 2.26. The van der Waals surface area contributed by atoms with Crippen LogP contribution in [0.5, 0.6) is 11.5 Å². The number of hydrogen-bond donors (Lipinski definition) is 1. The van der Waals surface area contributed by atoms with E-state index in [9.17, 15) is 0 Å². The number of nitrogens with one attached hydrogen (secondary N) is 1. The van der Waals surface area contributed by atoms with Crippen LogP contribution in [0.25, 0.3) is 0 Å². The maximum absolute atomic E-state index is 7.27. The molecule has 0 fully saturated rings. The Morgan fingerprint density at radius 1 is 1.27 bits per heavy atom. The first-order valence-corrected chi connectivity index (χ1v) is 4.56. The molecular weight excluding hydrogens is 194 g/mol. The second-order valence-electron chi connectivity index (χ2n) is 3.07. The van der Waals surface area contributed by atoms with Crippen LogP contribution in [0.2, 0.25) is 0 Å². The van der Waals surface area contributed by atoms with Crippen molar-refractivity contribution < 1.29 is 14.2 Å². The van der Waals surface area contributed by atoms with Gasteiger partial charge in [0.05, 0.1) is 14.2 Å². The molecule has 0 spiro atoms. The molecule has 0 radical (unpaired) electrons. The van der Waals surface area contributed by atoms with Crippen LogP contribution in [-0.2, 0) is 4.74 Å². The van der Waals surface area contributed by atoms with E-state index in [4.69, 9.17) is 14.9 Å². The van der Waals surface area contributed by atoms with E-state index in [1.807, 2.05) is 25.1 Å². The SMILES string of the molecule is COC(=N)COc1ccc(C)cc1OC. The smallest absolute Gasteiger partial charge is 0.219 e. The van der Waals surface area contributed by atoms with Gasteiger partial charge in [0.2, 0.25) is 5.90 Å². The van der Waals surface area contributed by atoms with E-state index in [1.165, 1.54) is 7.11 Å². The molecule has 1 rings (SSSR count). The van der Waals surface area contributed by atoms with Crippen LogP contribution < -0.4 is 9.47 Å². The Hall–Kier alpha value is -1.71. The third-order valence-corrected chi connectivity index (χ3v) is 1.92. The van der Waals surface area contributed by atoms with Crippen LogP contribution in [0.1, 0.15) is 5.56 Å². The van der Waals surface area contributed by atoms with Gasteiger partial charge in [0.25, 0.3) is 0 Å². The monoisotopic (exact) mass is 209 g/mol. The molecule has 1 N–H and O–H groups in total. The fourth-order valence-electron chi connectivity index (χ4n) is 1.10. The van der Waals surface area contributed by atoms with E-state index in [0.717, 1.165) is 5.56 Å². The predicted molar refractivity (Wildman–Crippen MR) is 58.0 cm³/mol. The van der Waals surface area contributed by atoms with E-state index in [1.54, 1.807) is 7.11 Å². The largest absolute Gasteiger partial charge is 0.493 e. The first-order valence-electron chi connectivity index (χ1n) is 4.56. The van der Waals surface area contributed by atoms with E-state index in [2.05, 4.69) is 4.74 Å². The number of aryl methyl sites for hydroxylation is 1. The summed E-state index contributed by atoms with van der Waals surface area (Å²) in [5.41, 5.74) is 1.10. The summed E-state index contributed by atoms with van der Waals surface area (Å²) in [4.78, 5) is 0. The molecule has 0 atom stereocenters. The highest BCUT2D eigenvalue weighted by Crippen LogP contribution is 2.27. The normalized spacial score (nSPS) is 9.53. The lowest BCUT2D eigenvalue weighted by Gasteiger charge is -2.10. The molecule has 0 aliphatic rings. The van der Waals surface area contributed by atoms with Gasteiger partial charge >= 0.3 is 0 Å². The summed E-state index contributed by atoms with van der Waals surface area (Å²) in [7, 11) is 3.03. The quantitative estimate of drug-likeness (QED) is 0.609. The van der Waals surface area contributed by atoms with Gasteiger partial charge in [-0.3, -0.25) is 5.41 Å². The summed E-state index contributed by atoms with van der Waals surface area (Å²) >= 11 is 0. The van der Waals surface area contributed by atoms with Crippen molar-refractivity contribution in [2.45, 2.75) is 6.92 Å². The summed E-state index contributed by atoms with van der Waals surface area (Å²) in [5.74, 6) is 1.36.